The Morgan fingerprint density at radius 1 is 1.24 bits per heavy atom. The molecule has 2 aromatic rings. The number of nitrogens with zero attached hydrogens (tertiary/aromatic N) is 1. The van der Waals surface area contributed by atoms with Crippen molar-refractivity contribution in [3.8, 4) is 0 Å². The molecule has 1 atom stereocenters. The Labute approximate surface area is 141 Å². The topological polar surface area (TPSA) is 50.9 Å². The van der Waals surface area contributed by atoms with Gasteiger partial charge in [-0.2, -0.15) is 0 Å². The molecule has 1 heterocycles. The minimum atomic E-state index is -0.118. The number of hydrogen-bond acceptors (Lipinski definition) is 3. The summed E-state index contributed by atoms with van der Waals surface area (Å²) in [5.74, 6) is 6.51. The van der Waals surface area contributed by atoms with Crippen LogP contribution in [0.1, 0.15) is 48.0 Å². The number of hydrazine groups is 1. The van der Waals surface area contributed by atoms with E-state index in [0.717, 1.165) is 20.2 Å². The number of hydrogen-bond donors (Lipinski definition) is 2. The van der Waals surface area contributed by atoms with Crippen LogP contribution in [0.5, 0.6) is 0 Å². The van der Waals surface area contributed by atoms with Crippen molar-refractivity contribution in [3.63, 3.8) is 0 Å². The third-order valence-corrected chi connectivity index (χ3v) is 5.17. The van der Waals surface area contributed by atoms with E-state index >= 15 is 0 Å². The highest BCUT2D eigenvalue weighted by molar-refractivity contribution is 9.11. The van der Waals surface area contributed by atoms with Gasteiger partial charge in [0.05, 0.1) is 11.7 Å². The molecule has 0 bridgehead atoms. The van der Waals surface area contributed by atoms with Gasteiger partial charge in [0.2, 0.25) is 0 Å². The normalized spacial score (nSPS) is 16.5. The first kappa shape index (κ1) is 15.2. The first-order chi connectivity index (χ1) is 10.2. The summed E-state index contributed by atoms with van der Waals surface area (Å²) in [6.07, 6.45) is 5.72. The predicted molar refractivity (Wildman–Crippen MR) is 91.8 cm³/mol. The summed E-state index contributed by atoms with van der Waals surface area (Å²) >= 11 is 7.00. The lowest BCUT2D eigenvalue weighted by Gasteiger charge is -2.27. The quantitative estimate of drug-likeness (QED) is 0.579. The van der Waals surface area contributed by atoms with E-state index in [-0.39, 0.29) is 6.04 Å². The molecule has 3 rings (SSSR count). The second kappa shape index (κ2) is 6.57. The van der Waals surface area contributed by atoms with E-state index in [1.807, 2.05) is 6.07 Å². The fourth-order valence-electron chi connectivity index (χ4n) is 2.70. The van der Waals surface area contributed by atoms with Crippen LogP contribution in [0, 0.1) is 0 Å². The van der Waals surface area contributed by atoms with Crippen molar-refractivity contribution in [2.45, 2.75) is 31.2 Å². The average molecular weight is 411 g/mol. The second-order valence-electron chi connectivity index (χ2n) is 5.42. The van der Waals surface area contributed by atoms with Gasteiger partial charge in [-0.1, -0.05) is 30.7 Å². The molecular formula is C16H17Br2N3. The van der Waals surface area contributed by atoms with Gasteiger partial charge in [-0.25, -0.2) is 5.43 Å². The lowest BCUT2D eigenvalue weighted by molar-refractivity contribution is 0.419. The van der Waals surface area contributed by atoms with Crippen molar-refractivity contribution in [2.24, 2.45) is 5.84 Å². The van der Waals surface area contributed by atoms with Crippen molar-refractivity contribution in [1.29, 1.82) is 0 Å². The summed E-state index contributed by atoms with van der Waals surface area (Å²) in [6, 6.07) is 10.5. The lowest BCUT2D eigenvalue weighted by Crippen LogP contribution is -2.30. The van der Waals surface area contributed by atoms with E-state index in [0.29, 0.717) is 5.92 Å². The Kier molecular flexibility index (Phi) is 4.74. The van der Waals surface area contributed by atoms with Crippen molar-refractivity contribution in [3.05, 3.63) is 62.3 Å². The second-order valence-corrected chi connectivity index (χ2v) is 7.19. The molecule has 0 amide bonds. The highest BCUT2D eigenvalue weighted by atomic mass is 79.9. The van der Waals surface area contributed by atoms with Gasteiger partial charge in [0.25, 0.3) is 0 Å². The number of aromatic nitrogens is 1. The molecule has 3 nitrogen and oxygen atoms in total. The molecule has 1 aromatic carbocycles. The van der Waals surface area contributed by atoms with Gasteiger partial charge in [0.15, 0.2) is 0 Å². The number of nitrogens with one attached hydrogen (secondary N) is 1. The molecular weight excluding hydrogens is 394 g/mol. The van der Waals surface area contributed by atoms with Gasteiger partial charge < -0.3 is 0 Å². The summed E-state index contributed by atoms with van der Waals surface area (Å²) in [5.41, 5.74) is 6.34. The standard InChI is InChI=1S/C16H17Br2N3/c17-13-8-14(18)16(20-9-13)15(21-19)12-6-2-5-11(7-12)10-3-1-4-10/h2,5-10,15,21H,1,3-4,19H2. The molecule has 21 heavy (non-hydrogen) atoms. The van der Waals surface area contributed by atoms with Crippen molar-refractivity contribution < 1.29 is 0 Å². The van der Waals surface area contributed by atoms with Crippen LogP contribution in [0.2, 0.25) is 0 Å². The van der Waals surface area contributed by atoms with Crippen LogP contribution in [0.15, 0.2) is 45.5 Å². The van der Waals surface area contributed by atoms with Gasteiger partial charge in [-0.15, -0.1) is 0 Å². The molecule has 5 heteroatoms. The summed E-state index contributed by atoms with van der Waals surface area (Å²) in [4.78, 5) is 4.50. The lowest BCUT2D eigenvalue weighted by atomic mass is 9.79. The molecule has 1 unspecified atom stereocenters. The Hall–Kier alpha value is -0.750. The Morgan fingerprint density at radius 3 is 2.67 bits per heavy atom. The molecule has 1 aliphatic carbocycles. The molecule has 1 fully saturated rings. The zero-order valence-corrected chi connectivity index (χ0v) is 14.7. The summed E-state index contributed by atoms with van der Waals surface area (Å²) in [5, 5.41) is 0. The maximum Gasteiger partial charge on any atom is 0.0893 e. The summed E-state index contributed by atoms with van der Waals surface area (Å²) in [7, 11) is 0. The zero-order chi connectivity index (χ0) is 14.8. The van der Waals surface area contributed by atoms with E-state index in [9.17, 15) is 0 Å². The predicted octanol–water partition coefficient (Wildman–Crippen LogP) is 4.43. The first-order valence-corrected chi connectivity index (χ1v) is 8.64. The number of rotatable bonds is 4. The summed E-state index contributed by atoms with van der Waals surface area (Å²) in [6.45, 7) is 0. The van der Waals surface area contributed by atoms with Crippen LogP contribution in [-0.2, 0) is 0 Å². The minimum absolute atomic E-state index is 0.118. The average Bonchev–Trinajstić information content (AvgIpc) is 2.40. The highest BCUT2D eigenvalue weighted by Crippen LogP contribution is 2.37. The monoisotopic (exact) mass is 409 g/mol. The van der Waals surface area contributed by atoms with Crippen molar-refractivity contribution in [2.75, 3.05) is 0 Å². The van der Waals surface area contributed by atoms with E-state index in [2.05, 4.69) is 66.5 Å². The molecule has 1 aliphatic rings. The van der Waals surface area contributed by atoms with Crippen LogP contribution in [0.3, 0.4) is 0 Å². The third-order valence-electron chi connectivity index (χ3n) is 4.10. The van der Waals surface area contributed by atoms with Gasteiger partial charge in [0, 0.05) is 15.1 Å². The van der Waals surface area contributed by atoms with Gasteiger partial charge in [-0.05, 0) is 67.8 Å². The smallest absolute Gasteiger partial charge is 0.0893 e. The van der Waals surface area contributed by atoms with Crippen LogP contribution >= 0.6 is 31.9 Å². The van der Waals surface area contributed by atoms with Crippen molar-refractivity contribution in [1.82, 2.24) is 10.4 Å². The van der Waals surface area contributed by atoms with E-state index in [1.54, 1.807) is 6.20 Å². The van der Waals surface area contributed by atoms with Gasteiger partial charge >= 0.3 is 0 Å². The van der Waals surface area contributed by atoms with Crippen molar-refractivity contribution >= 4 is 31.9 Å². The van der Waals surface area contributed by atoms with E-state index in [1.165, 1.54) is 24.8 Å². The fourth-order valence-corrected chi connectivity index (χ4v) is 3.92. The maximum absolute atomic E-state index is 5.79. The van der Waals surface area contributed by atoms with Gasteiger partial charge in [-0.3, -0.25) is 10.8 Å². The molecule has 0 radical (unpaired) electrons. The number of benzene rings is 1. The van der Waals surface area contributed by atoms with Crippen LogP contribution in [0.25, 0.3) is 0 Å². The molecule has 3 N–H and O–H groups in total. The molecule has 0 saturated heterocycles. The fraction of sp³-hybridized carbons (Fsp3) is 0.312. The zero-order valence-electron chi connectivity index (χ0n) is 11.5. The Balaban J connectivity index is 1.95. The van der Waals surface area contributed by atoms with Gasteiger partial charge in [0.1, 0.15) is 0 Å². The number of pyridine rings is 1. The minimum Gasteiger partial charge on any atom is -0.271 e. The molecule has 1 aromatic heterocycles. The Morgan fingerprint density at radius 2 is 2.05 bits per heavy atom. The molecule has 0 spiro atoms. The largest absolute Gasteiger partial charge is 0.271 e. The van der Waals surface area contributed by atoms with E-state index < -0.39 is 0 Å². The highest BCUT2D eigenvalue weighted by Gasteiger charge is 2.22. The van der Waals surface area contributed by atoms with Crippen LogP contribution < -0.4 is 11.3 Å². The molecule has 1 saturated carbocycles. The van der Waals surface area contributed by atoms with E-state index in [4.69, 9.17) is 5.84 Å². The number of nitrogens with two attached hydrogens (primary N) is 1. The molecule has 110 valence electrons. The van der Waals surface area contributed by atoms with Crippen LogP contribution in [-0.4, -0.2) is 4.98 Å². The maximum atomic E-state index is 5.79. The number of halogens is 2. The Bertz CT molecular complexity index is 641. The van der Waals surface area contributed by atoms with Crippen LogP contribution in [0.4, 0.5) is 0 Å². The third kappa shape index (κ3) is 3.21. The first-order valence-electron chi connectivity index (χ1n) is 7.06. The summed E-state index contributed by atoms with van der Waals surface area (Å²) < 4.78 is 1.88. The SMILES string of the molecule is NNC(c1cccc(C2CCC2)c1)c1ncc(Br)cc1Br. The molecule has 0 aliphatic heterocycles.